The van der Waals surface area contributed by atoms with Gasteiger partial charge in [0.25, 0.3) is 0 Å². The average molecular weight is 274 g/mol. The second-order valence-electron chi connectivity index (χ2n) is 5.23. The van der Waals surface area contributed by atoms with Gasteiger partial charge in [0.15, 0.2) is 0 Å². The van der Waals surface area contributed by atoms with E-state index in [4.69, 9.17) is 4.74 Å². The predicted molar refractivity (Wildman–Crippen MR) is 85.3 cm³/mol. The SMILES string of the molecule is CCOCCCCNCCn1ccc2ccc(C)cc21. The van der Waals surface area contributed by atoms with Crippen LogP contribution in [0, 0.1) is 6.92 Å². The Hall–Kier alpha value is -1.32. The summed E-state index contributed by atoms with van der Waals surface area (Å²) in [5, 5.41) is 4.83. The molecule has 2 aromatic rings. The Labute approximate surface area is 121 Å². The first-order chi connectivity index (χ1) is 9.81. The van der Waals surface area contributed by atoms with Crippen molar-refractivity contribution in [2.75, 3.05) is 26.3 Å². The summed E-state index contributed by atoms with van der Waals surface area (Å²) < 4.78 is 7.66. The molecule has 110 valence electrons. The van der Waals surface area contributed by atoms with E-state index >= 15 is 0 Å². The van der Waals surface area contributed by atoms with Crippen molar-refractivity contribution >= 4 is 10.9 Å². The number of benzene rings is 1. The quantitative estimate of drug-likeness (QED) is 0.710. The van der Waals surface area contributed by atoms with Crippen molar-refractivity contribution in [1.29, 1.82) is 0 Å². The summed E-state index contributed by atoms with van der Waals surface area (Å²) >= 11 is 0. The lowest BCUT2D eigenvalue weighted by atomic mass is 10.2. The van der Waals surface area contributed by atoms with Crippen LogP contribution in [0.15, 0.2) is 30.5 Å². The molecular formula is C17H26N2O. The number of fused-ring (bicyclic) bond motifs is 1. The lowest BCUT2D eigenvalue weighted by Crippen LogP contribution is -2.21. The van der Waals surface area contributed by atoms with E-state index in [-0.39, 0.29) is 0 Å². The molecule has 3 heteroatoms. The summed E-state index contributed by atoms with van der Waals surface area (Å²) in [5.74, 6) is 0. The highest BCUT2D eigenvalue weighted by molar-refractivity contribution is 5.80. The summed E-state index contributed by atoms with van der Waals surface area (Å²) in [5.41, 5.74) is 2.66. The van der Waals surface area contributed by atoms with Crippen molar-refractivity contribution in [2.45, 2.75) is 33.2 Å². The predicted octanol–water partition coefficient (Wildman–Crippen LogP) is 3.36. The molecular weight excluding hydrogens is 248 g/mol. The second kappa shape index (κ2) is 8.08. The van der Waals surface area contributed by atoms with Crippen LogP contribution in [-0.2, 0) is 11.3 Å². The van der Waals surface area contributed by atoms with E-state index in [2.05, 4.69) is 47.3 Å². The molecule has 0 fully saturated rings. The summed E-state index contributed by atoms with van der Waals surface area (Å²) in [6, 6.07) is 8.82. The zero-order valence-corrected chi connectivity index (χ0v) is 12.7. The van der Waals surface area contributed by atoms with Crippen molar-refractivity contribution in [1.82, 2.24) is 9.88 Å². The van der Waals surface area contributed by atoms with Crippen molar-refractivity contribution in [3.8, 4) is 0 Å². The minimum atomic E-state index is 0.827. The van der Waals surface area contributed by atoms with Crippen LogP contribution in [0.5, 0.6) is 0 Å². The molecule has 0 bridgehead atoms. The second-order valence-corrected chi connectivity index (χ2v) is 5.23. The molecule has 0 saturated carbocycles. The topological polar surface area (TPSA) is 26.2 Å². The molecule has 1 aromatic heterocycles. The van der Waals surface area contributed by atoms with Gasteiger partial charge < -0.3 is 14.6 Å². The molecule has 0 amide bonds. The van der Waals surface area contributed by atoms with E-state index < -0.39 is 0 Å². The highest BCUT2D eigenvalue weighted by atomic mass is 16.5. The molecule has 1 aromatic carbocycles. The fourth-order valence-corrected chi connectivity index (χ4v) is 2.41. The van der Waals surface area contributed by atoms with Crippen LogP contribution in [0.3, 0.4) is 0 Å². The maximum absolute atomic E-state index is 5.33. The molecule has 0 aliphatic carbocycles. The first kappa shape index (κ1) is 15.1. The number of aromatic nitrogens is 1. The number of rotatable bonds is 9. The monoisotopic (exact) mass is 274 g/mol. The number of nitrogens with one attached hydrogen (secondary N) is 1. The van der Waals surface area contributed by atoms with E-state index in [0.717, 1.165) is 39.3 Å². The summed E-state index contributed by atoms with van der Waals surface area (Å²) in [4.78, 5) is 0. The number of aryl methyl sites for hydroxylation is 1. The van der Waals surface area contributed by atoms with Gasteiger partial charge in [0.05, 0.1) is 0 Å². The Balaban J connectivity index is 1.69. The Morgan fingerprint density at radius 2 is 2.05 bits per heavy atom. The molecule has 0 aliphatic rings. The molecule has 0 unspecified atom stereocenters. The maximum atomic E-state index is 5.33. The highest BCUT2D eigenvalue weighted by Crippen LogP contribution is 2.16. The Morgan fingerprint density at radius 1 is 1.15 bits per heavy atom. The Bertz CT molecular complexity index is 519. The Kier molecular flexibility index (Phi) is 6.09. The number of nitrogens with zero attached hydrogens (tertiary/aromatic N) is 1. The molecule has 0 saturated heterocycles. The highest BCUT2D eigenvalue weighted by Gasteiger charge is 2.00. The minimum Gasteiger partial charge on any atom is -0.382 e. The van der Waals surface area contributed by atoms with E-state index in [1.165, 1.54) is 22.9 Å². The molecule has 0 spiro atoms. The minimum absolute atomic E-state index is 0.827. The largest absolute Gasteiger partial charge is 0.382 e. The molecule has 1 heterocycles. The lowest BCUT2D eigenvalue weighted by Gasteiger charge is -2.08. The van der Waals surface area contributed by atoms with Crippen molar-refractivity contribution < 1.29 is 4.74 Å². The van der Waals surface area contributed by atoms with Crippen LogP contribution in [-0.4, -0.2) is 30.9 Å². The maximum Gasteiger partial charge on any atom is 0.0483 e. The van der Waals surface area contributed by atoms with Gasteiger partial charge in [0.2, 0.25) is 0 Å². The number of hydrogen-bond acceptors (Lipinski definition) is 2. The van der Waals surface area contributed by atoms with Gasteiger partial charge in [-0.05, 0) is 56.3 Å². The van der Waals surface area contributed by atoms with Crippen molar-refractivity contribution in [3.63, 3.8) is 0 Å². The molecule has 2 rings (SSSR count). The van der Waals surface area contributed by atoms with E-state index in [1.54, 1.807) is 0 Å². The van der Waals surface area contributed by atoms with Gasteiger partial charge in [0, 0.05) is 38.0 Å². The molecule has 0 radical (unpaired) electrons. The third-order valence-electron chi connectivity index (χ3n) is 3.56. The zero-order valence-electron chi connectivity index (χ0n) is 12.7. The molecule has 3 nitrogen and oxygen atoms in total. The number of ether oxygens (including phenoxy) is 1. The molecule has 0 atom stereocenters. The fraction of sp³-hybridized carbons (Fsp3) is 0.529. The zero-order chi connectivity index (χ0) is 14.2. The van der Waals surface area contributed by atoms with Gasteiger partial charge in [-0.1, -0.05) is 12.1 Å². The number of hydrogen-bond donors (Lipinski definition) is 1. The summed E-state index contributed by atoms with van der Waals surface area (Å²) in [6.07, 6.45) is 4.51. The standard InChI is InChI=1S/C17H26N2O/c1-3-20-13-5-4-9-18-10-12-19-11-8-16-7-6-15(2)14-17(16)19/h6-8,11,14,18H,3-5,9-10,12-13H2,1-2H3. The first-order valence-electron chi connectivity index (χ1n) is 7.65. The van der Waals surface area contributed by atoms with Crippen LogP contribution in [0.4, 0.5) is 0 Å². The van der Waals surface area contributed by atoms with E-state index in [0.29, 0.717) is 0 Å². The van der Waals surface area contributed by atoms with Gasteiger partial charge in [-0.15, -0.1) is 0 Å². The molecule has 1 N–H and O–H groups in total. The van der Waals surface area contributed by atoms with Crippen LogP contribution < -0.4 is 5.32 Å². The van der Waals surface area contributed by atoms with Crippen LogP contribution in [0.25, 0.3) is 10.9 Å². The van der Waals surface area contributed by atoms with Gasteiger partial charge in [-0.2, -0.15) is 0 Å². The lowest BCUT2D eigenvalue weighted by molar-refractivity contribution is 0.143. The fourth-order valence-electron chi connectivity index (χ4n) is 2.41. The van der Waals surface area contributed by atoms with E-state index in [9.17, 15) is 0 Å². The van der Waals surface area contributed by atoms with E-state index in [1.807, 2.05) is 6.92 Å². The molecule has 20 heavy (non-hydrogen) atoms. The van der Waals surface area contributed by atoms with Gasteiger partial charge >= 0.3 is 0 Å². The van der Waals surface area contributed by atoms with Crippen molar-refractivity contribution in [3.05, 3.63) is 36.0 Å². The first-order valence-corrected chi connectivity index (χ1v) is 7.65. The van der Waals surface area contributed by atoms with Crippen LogP contribution in [0.1, 0.15) is 25.3 Å². The average Bonchev–Trinajstić information content (AvgIpc) is 2.84. The normalized spacial score (nSPS) is 11.3. The third kappa shape index (κ3) is 4.36. The van der Waals surface area contributed by atoms with Crippen molar-refractivity contribution in [2.24, 2.45) is 0 Å². The van der Waals surface area contributed by atoms with Crippen LogP contribution >= 0.6 is 0 Å². The van der Waals surface area contributed by atoms with Gasteiger partial charge in [-0.25, -0.2) is 0 Å². The van der Waals surface area contributed by atoms with Gasteiger partial charge in [-0.3, -0.25) is 0 Å². The summed E-state index contributed by atoms with van der Waals surface area (Å²) in [7, 11) is 0. The third-order valence-corrected chi connectivity index (χ3v) is 3.56. The summed E-state index contributed by atoms with van der Waals surface area (Å²) in [6.45, 7) is 9.03. The number of unbranched alkanes of at least 4 members (excludes halogenated alkanes) is 1. The molecule has 0 aliphatic heterocycles. The smallest absolute Gasteiger partial charge is 0.0483 e. The van der Waals surface area contributed by atoms with Gasteiger partial charge in [0.1, 0.15) is 0 Å². The van der Waals surface area contributed by atoms with Crippen LogP contribution in [0.2, 0.25) is 0 Å². The Morgan fingerprint density at radius 3 is 2.90 bits per heavy atom.